The first-order valence-corrected chi connectivity index (χ1v) is 9.49. The number of fused-ring (bicyclic) bond motifs is 1. The van der Waals surface area contributed by atoms with Crippen LogP contribution in [0.2, 0.25) is 0 Å². The van der Waals surface area contributed by atoms with Crippen LogP contribution in [0.1, 0.15) is 17.5 Å². The minimum Gasteiger partial charge on any atom is -0.454 e. The highest BCUT2D eigenvalue weighted by atomic mass is 19.4. The first-order valence-electron chi connectivity index (χ1n) is 9.49. The molecule has 0 saturated carbocycles. The lowest BCUT2D eigenvalue weighted by atomic mass is 10.1. The van der Waals surface area contributed by atoms with Crippen LogP contribution in [0.25, 0.3) is 0 Å². The van der Waals surface area contributed by atoms with Gasteiger partial charge in [0.2, 0.25) is 12.7 Å². The van der Waals surface area contributed by atoms with E-state index in [1.54, 1.807) is 11.0 Å². The minimum atomic E-state index is -4.36. The Labute approximate surface area is 166 Å². The summed E-state index contributed by atoms with van der Waals surface area (Å²) in [6.45, 7) is 2.23. The first kappa shape index (κ1) is 19.4. The molecule has 1 saturated heterocycles. The van der Waals surface area contributed by atoms with Crippen molar-refractivity contribution >= 4 is 11.6 Å². The van der Waals surface area contributed by atoms with E-state index in [1.165, 1.54) is 6.07 Å². The van der Waals surface area contributed by atoms with Crippen LogP contribution in [0.4, 0.5) is 18.9 Å². The van der Waals surface area contributed by atoms with Crippen molar-refractivity contribution in [1.82, 2.24) is 4.90 Å². The van der Waals surface area contributed by atoms with E-state index in [0.717, 1.165) is 17.7 Å². The zero-order valence-corrected chi connectivity index (χ0v) is 15.7. The molecule has 0 aliphatic carbocycles. The molecule has 0 unspecified atom stereocenters. The fraction of sp³-hybridized carbons (Fsp3) is 0.381. The van der Waals surface area contributed by atoms with Crippen molar-refractivity contribution in [3.63, 3.8) is 0 Å². The van der Waals surface area contributed by atoms with Gasteiger partial charge in [0.1, 0.15) is 0 Å². The molecule has 1 amide bonds. The molecule has 5 nitrogen and oxygen atoms in total. The molecule has 0 radical (unpaired) electrons. The van der Waals surface area contributed by atoms with Gasteiger partial charge in [-0.15, -0.1) is 0 Å². The number of hydrogen-bond donors (Lipinski definition) is 0. The Hall–Kier alpha value is -2.90. The van der Waals surface area contributed by atoms with Gasteiger partial charge in [-0.25, -0.2) is 0 Å². The third-order valence-corrected chi connectivity index (χ3v) is 5.24. The van der Waals surface area contributed by atoms with Crippen LogP contribution in [0.3, 0.4) is 0 Å². The SMILES string of the molecule is O=C(CCc1ccc2c(c1)OCO2)N1CCN(c2cccc(C(F)(F)F)c2)CC1. The van der Waals surface area contributed by atoms with Gasteiger partial charge in [-0.3, -0.25) is 4.79 Å². The van der Waals surface area contributed by atoms with Gasteiger partial charge < -0.3 is 19.3 Å². The molecule has 0 aromatic heterocycles. The van der Waals surface area contributed by atoms with Crippen molar-refractivity contribution < 1.29 is 27.4 Å². The van der Waals surface area contributed by atoms with E-state index >= 15 is 0 Å². The van der Waals surface area contributed by atoms with E-state index in [4.69, 9.17) is 9.47 Å². The molecular formula is C21H21F3N2O3. The average Bonchev–Trinajstić information content (AvgIpc) is 3.19. The average molecular weight is 406 g/mol. The highest BCUT2D eigenvalue weighted by Crippen LogP contribution is 2.33. The number of aryl methyl sites for hydroxylation is 1. The fourth-order valence-corrected chi connectivity index (χ4v) is 3.60. The van der Waals surface area contributed by atoms with Crippen molar-refractivity contribution in [3.05, 3.63) is 53.6 Å². The maximum atomic E-state index is 12.9. The molecule has 1 fully saturated rings. The zero-order valence-electron chi connectivity index (χ0n) is 15.7. The third-order valence-electron chi connectivity index (χ3n) is 5.24. The number of benzene rings is 2. The molecule has 2 aromatic rings. The predicted molar refractivity (Wildman–Crippen MR) is 101 cm³/mol. The Balaban J connectivity index is 1.30. The van der Waals surface area contributed by atoms with Crippen LogP contribution in [0.5, 0.6) is 11.5 Å². The Morgan fingerprint density at radius 2 is 1.72 bits per heavy atom. The van der Waals surface area contributed by atoms with Gasteiger partial charge in [0.25, 0.3) is 0 Å². The molecule has 0 atom stereocenters. The lowest BCUT2D eigenvalue weighted by Crippen LogP contribution is -2.48. The number of hydrogen-bond acceptors (Lipinski definition) is 4. The highest BCUT2D eigenvalue weighted by molar-refractivity contribution is 5.77. The number of amides is 1. The summed E-state index contributed by atoms with van der Waals surface area (Å²) in [4.78, 5) is 16.2. The Morgan fingerprint density at radius 3 is 2.48 bits per heavy atom. The highest BCUT2D eigenvalue weighted by Gasteiger charge is 2.31. The van der Waals surface area contributed by atoms with Gasteiger partial charge in [-0.05, 0) is 42.3 Å². The predicted octanol–water partition coefficient (Wildman–Crippen LogP) is 3.72. The summed E-state index contributed by atoms with van der Waals surface area (Å²) in [5.74, 6) is 1.46. The summed E-state index contributed by atoms with van der Waals surface area (Å²) in [5.41, 5.74) is 0.884. The molecule has 2 heterocycles. The van der Waals surface area contributed by atoms with E-state index in [1.807, 2.05) is 23.1 Å². The molecule has 29 heavy (non-hydrogen) atoms. The smallest absolute Gasteiger partial charge is 0.416 e. The molecule has 8 heteroatoms. The monoisotopic (exact) mass is 406 g/mol. The second-order valence-electron chi connectivity index (χ2n) is 7.10. The number of carbonyl (C=O) groups is 1. The van der Waals surface area contributed by atoms with Gasteiger partial charge in [0, 0.05) is 38.3 Å². The summed E-state index contributed by atoms with van der Waals surface area (Å²) in [7, 11) is 0. The second-order valence-corrected chi connectivity index (χ2v) is 7.10. The number of rotatable bonds is 4. The van der Waals surface area contributed by atoms with Crippen LogP contribution >= 0.6 is 0 Å². The van der Waals surface area contributed by atoms with Crippen LogP contribution < -0.4 is 14.4 Å². The van der Waals surface area contributed by atoms with E-state index in [9.17, 15) is 18.0 Å². The van der Waals surface area contributed by atoms with Gasteiger partial charge in [-0.1, -0.05) is 12.1 Å². The lowest BCUT2D eigenvalue weighted by molar-refractivity contribution is -0.137. The number of ether oxygens (including phenoxy) is 2. The molecular weight excluding hydrogens is 385 g/mol. The Morgan fingerprint density at radius 1 is 0.966 bits per heavy atom. The topological polar surface area (TPSA) is 42.0 Å². The first-order chi connectivity index (χ1) is 13.9. The largest absolute Gasteiger partial charge is 0.454 e. The molecule has 2 aromatic carbocycles. The number of carbonyl (C=O) groups excluding carboxylic acids is 1. The van der Waals surface area contributed by atoms with Crippen molar-refractivity contribution in [3.8, 4) is 11.5 Å². The van der Waals surface area contributed by atoms with Crippen molar-refractivity contribution in [2.75, 3.05) is 37.9 Å². The van der Waals surface area contributed by atoms with E-state index in [-0.39, 0.29) is 12.7 Å². The summed E-state index contributed by atoms with van der Waals surface area (Å²) < 4.78 is 49.4. The molecule has 2 aliphatic heterocycles. The van der Waals surface area contributed by atoms with E-state index in [0.29, 0.717) is 56.2 Å². The summed E-state index contributed by atoms with van der Waals surface area (Å²) in [5, 5.41) is 0. The van der Waals surface area contributed by atoms with Crippen LogP contribution in [0, 0.1) is 0 Å². The number of piperazine rings is 1. The van der Waals surface area contributed by atoms with Gasteiger partial charge in [0.15, 0.2) is 11.5 Å². The molecule has 2 aliphatic rings. The zero-order chi connectivity index (χ0) is 20.4. The van der Waals surface area contributed by atoms with Crippen molar-refractivity contribution in [2.45, 2.75) is 19.0 Å². The molecule has 0 spiro atoms. The Kier molecular flexibility index (Phi) is 5.25. The molecule has 4 rings (SSSR count). The Bertz CT molecular complexity index is 893. The summed E-state index contributed by atoms with van der Waals surface area (Å²) >= 11 is 0. The fourth-order valence-electron chi connectivity index (χ4n) is 3.60. The normalized spacial score (nSPS) is 16.2. The van der Waals surface area contributed by atoms with E-state index in [2.05, 4.69) is 0 Å². The summed E-state index contributed by atoms with van der Waals surface area (Å²) in [6, 6.07) is 11.0. The molecule has 154 valence electrons. The van der Waals surface area contributed by atoms with Crippen LogP contribution in [-0.2, 0) is 17.4 Å². The number of halogens is 3. The lowest BCUT2D eigenvalue weighted by Gasteiger charge is -2.36. The van der Waals surface area contributed by atoms with Crippen molar-refractivity contribution in [2.24, 2.45) is 0 Å². The van der Waals surface area contributed by atoms with Gasteiger partial charge in [0.05, 0.1) is 5.56 Å². The minimum absolute atomic E-state index is 0.0476. The second kappa shape index (κ2) is 7.85. The maximum absolute atomic E-state index is 12.9. The number of anilines is 1. The van der Waals surface area contributed by atoms with Gasteiger partial charge >= 0.3 is 6.18 Å². The van der Waals surface area contributed by atoms with Crippen molar-refractivity contribution in [1.29, 1.82) is 0 Å². The van der Waals surface area contributed by atoms with Gasteiger partial charge in [-0.2, -0.15) is 13.2 Å². The number of nitrogens with zero attached hydrogens (tertiary/aromatic N) is 2. The van der Waals surface area contributed by atoms with Crippen LogP contribution in [0.15, 0.2) is 42.5 Å². The standard InChI is InChI=1S/C21H21F3N2O3/c22-21(23,24)16-2-1-3-17(13-16)25-8-10-26(11-9-25)20(27)7-5-15-4-6-18-19(12-15)29-14-28-18/h1-4,6,12-13H,5,7-11,14H2. The van der Waals surface area contributed by atoms with E-state index < -0.39 is 11.7 Å². The van der Waals surface area contributed by atoms with Crippen LogP contribution in [-0.4, -0.2) is 43.8 Å². The quantitative estimate of drug-likeness (QED) is 0.776. The molecule has 0 bridgehead atoms. The summed E-state index contributed by atoms with van der Waals surface area (Å²) in [6.07, 6.45) is -3.38. The molecule has 0 N–H and O–H groups in total. The third kappa shape index (κ3) is 4.41. The maximum Gasteiger partial charge on any atom is 0.416 e. The number of alkyl halides is 3.